The molecule has 0 bridgehead atoms. The Morgan fingerprint density at radius 1 is 1.37 bits per heavy atom. The summed E-state index contributed by atoms with van der Waals surface area (Å²) in [4.78, 5) is 0.0738. The van der Waals surface area contributed by atoms with Crippen molar-refractivity contribution >= 4 is 33.2 Å². The molecule has 1 fully saturated rings. The van der Waals surface area contributed by atoms with E-state index in [0.717, 1.165) is 19.4 Å². The molecule has 19 heavy (non-hydrogen) atoms. The fraction of sp³-hybridized carbons (Fsp3) is 0.500. The monoisotopic (exact) mass is 322 g/mol. The number of sulfonamides is 1. The third-order valence-corrected chi connectivity index (χ3v) is 5.37. The molecular weight excluding hydrogens is 307 g/mol. The Bertz CT molecular complexity index is 563. The van der Waals surface area contributed by atoms with Crippen molar-refractivity contribution in [2.45, 2.75) is 36.7 Å². The van der Waals surface area contributed by atoms with E-state index in [4.69, 9.17) is 23.2 Å². The molecule has 2 N–H and O–H groups in total. The Labute approximate surface area is 123 Å². The van der Waals surface area contributed by atoms with Crippen molar-refractivity contribution in [1.29, 1.82) is 0 Å². The van der Waals surface area contributed by atoms with E-state index in [0.29, 0.717) is 11.1 Å². The van der Waals surface area contributed by atoms with E-state index in [9.17, 15) is 8.42 Å². The van der Waals surface area contributed by atoms with Crippen LogP contribution in [0.2, 0.25) is 10.0 Å². The van der Waals surface area contributed by atoms with Crippen LogP contribution in [0, 0.1) is 0 Å². The van der Waals surface area contributed by atoms with Gasteiger partial charge in [-0.1, -0.05) is 23.2 Å². The summed E-state index contributed by atoms with van der Waals surface area (Å²) in [5.74, 6) is 0. The third-order valence-electron chi connectivity index (χ3n) is 3.13. The van der Waals surface area contributed by atoms with Gasteiger partial charge in [0.05, 0.1) is 5.02 Å². The van der Waals surface area contributed by atoms with Crippen molar-refractivity contribution in [3.05, 3.63) is 28.2 Å². The summed E-state index contributed by atoms with van der Waals surface area (Å²) in [5.41, 5.74) is 0. The van der Waals surface area contributed by atoms with Gasteiger partial charge in [0.15, 0.2) is 0 Å². The molecule has 2 rings (SSSR count). The second-order valence-electron chi connectivity index (χ2n) is 4.77. The van der Waals surface area contributed by atoms with Crippen LogP contribution in [0.4, 0.5) is 0 Å². The molecule has 0 radical (unpaired) electrons. The molecule has 0 amide bonds. The second kappa shape index (κ2) is 5.97. The minimum absolute atomic E-state index is 0.0620. The number of hydrogen-bond acceptors (Lipinski definition) is 3. The Kier molecular flexibility index (Phi) is 4.74. The molecule has 0 aliphatic carbocycles. The number of halogens is 2. The van der Waals surface area contributed by atoms with Crippen LogP contribution in [0.25, 0.3) is 0 Å². The maximum atomic E-state index is 12.3. The summed E-state index contributed by atoms with van der Waals surface area (Å²) in [6, 6.07) is 4.63. The molecule has 1 aliphatic heterocycles. The van der Waals surface area contributed by atoms with E-state index < -0.39 is 10.0 Å². The first-order valence-electron chi connectivity index (χ1n) is 6.09. The van der Waals surface area contributed by atoms with Crippen molar-refractivity contribution < 1.29 is 8.42 Å². The van der Waals surface area contributed by atoms with Gasteiger partial charge in [-0.25, -0.2) is 13.1 Å². The number of rotatable bonds is 3. The van der Waals surface area contributed by atoms with Crippen molar-refractivity contribution in [1.82, 2.24) is 10.0 Å². The third kappa shape index (κ3) is 3.83. The minimum Gasteiger partial charge on any atom is -0.314 e. The van der Waals surface area contributed by atoms with Crippen molar-refractivity contribution in [3.8, 4) is 0 Å². The number of hydrogen-bond donors (Lipinski definition) is 2. The highest BCUT2D eigenvalue weighted by Gasteiger charge is 2.25. The molecule has 1 aliphatic rings. The SMILES string of the molecule is CC1CC(NS(=O)(=O)c2ccc(Cl)cc2Cl)CCN1. The first-order chi connectivity index (χ1) is 8.88. The molecule has 0 spiro atoms. The molecule has 7 heteroatoms. The van der Waals surface area contributed by atoms with Gasteiger partial charge in [-0.2, -0.15) is 0 Å². The van der Waals surface area contributed by atoms with E-state index in [2.05, 4.69) is 10.0 Å². The lowest BCUT2D eigenvalue weighted by molar-refractivity contribution is 0.361. The van der Waals surface area contributed by atoms with Crippen LogP contribution in [0.5, 0.6) is 0 Å². The van der Waals surface area contributed by atoms with Crippen LogP contribution in [0.15, 0.2) is 23.1 Å². The molecule has 2 unspecified atom stereocenters. The van der Waals surface area contributed by atoms with Gasteiger partial charge in [0.25, 0.3) is 0 Å². The summed E-state index contributed by atoms with van der Waals surface area (Å²) in [7, 11) is -3.60. The van der Waals surface area contributed by atoms with E-state index in [1.165, 1.54) is 18.2 Å². The van der Waals surface area contributed by atoms with Gasteiger partial charge in [0.1, 0.15) is 4.90 Å². The molecule has 2 atom stereocenters. The summed E-state index contributed by atoms with van der Waals surface area (Å²) in [6.45, 7) is 2.85. The lowest BCUT2D eigenvalue weighted by Crippen LogP contribution is -2.46. The fourth-order valence-corrected chi connectivity index (χ4v) is 4.27. The zero-order chi connectivity index (χ0) is 14.0. The predicted molar refractivity (Wildman–Crippen MR) is 77.3 cm³/mol. The Morgan fingerprint density at radius 2 is 2.11 bits per heavy atom. The second-order valence-corrected chi connectivity index (χ2v) is 7.30. The molecule has 1 aromatic rings. The smallest absolute Gasteiger partial charge is 0.242 e. The largest absolute Gasteiger partial charge is 0.314 e. The molecule has 0 aromatic heterocycles. The van der Waals surface area contributed by atoms with Gasteiger partial charge in [0.2, 0.25) is 10.0 Å². The summed E-state index contributed by atoms with van der Waals surface area (Å²) in [6.07, 6.45) is 1.54. The average Bonchev–Trinajstić information content (AvgIpc) is 2.27. The quantitative estimate of drug-likeness (QED) is 0.898. The normalized spacial score (nSPS) is 24.4. The van der Waals surface area contributed by atoms with E-state index in [1.807, 2.05) is 6.92 Å². The molecule has 1 saturated heterocycles. The zero-order valence-electron chi connectivity index (χ0n) is 10.5. The molecule has 0 saturated carbocycles. The highest BCUT2D eigenvalue weighted by atomic mass is 35.5. The predicted octanol–water partition coefficient (Wildman–Crippen LogP) is 2.41. The molecule has 1 aromatic carbocycles. The van der Waals surface area contributed by atoms with Crippen molar-refractivity contribution in [2.75, 3.05) is 6.54 Å². The zero-order valence-corrected chi connectivity index (χ0v) is 12.8. The van der Waals surface area contributed by atoms with E-state index in [1.54, 1.807) is 0 Å². The van der Waals surface area contributed by atoms with Gasteiger partial charge in [0, 0.05) is 17.1 Å². The van der Waals surface area contributed by atoms with Gasteiger partial charge in [-0.15, -0.1) is 0 Å². The highest BCUT2D eigenvalue weighted by Crippen LogP contribution is 2.25. The molecule has 1 heterocycles. The molecule has 4 nitrogen and oxygen atoms in total. The highest BCUT2D eigenvalue weighted by molar-refractivity contribution is 7.89. The lowest BCUT2D eigenvalue weighted by atomic mass is 10.0. The Morgan fingerprint density at radius 3 is 2.74 bits per heavy atom. The van der Waals surface area contributed by atoms with Crippen LogP contribution in [0.1, 0.15) is 19.8 Å². The fourth-order valence-electron chi connectivity index (χ4n) is 2.22. The van der Waals surface area contributed by atoms with Gasteiger partial charge >= 0.3 is 0 Å². The number of benzene rings is 1. The number of nitrogens with one attached hydrogen (secondary N) is 2. The van der Waals surface area contributed by atoms with E-state index >= 15 is 0 Å². The number of piperidine rings is 1. The van der Waals surface area contributed by atoms with Crippen molar-refractivity contribution in [2.24, 2.45) is 0 Å². The minimum atomic E-state index is -3.60. The van der Waals surface area contributed by atoms with Crippen LogP contribution >= 0.6 is 23.2 Å². The van der Waals surface area contributed by atoms with Crippen LogP contribution in [-0.2, 0) is 10.0 Å². The van der Waals surface area contributed by atoms with Gasteiger partial charge < -0.3 is 5.32 Å². The van der Waals surface area contributed by atoms with Crippen LogP contribution < -0.4 is 10.0 Å². The van der Waals surface area contributed by atoms with Crippen LogP contribution in [0.3, 0.4) is 0 Å². The van der Waals surface area contributed by atoms with E-state index in [-0.39, 0.29) is 16.0 Å². The van der Waals surface area contributed by atoms with Crippen molar-refractivity contribution in [3.63, 3.8) is 0 Å². The average molecular weight is 323 g/mol. The Balaban J connectivity index is 2.18. The summed E-state index contributed by atoms with van der Waals surface area (Å²) in [5, 5.41) is 3.83. The maximum Gasteiger partial charge on any atom is 0.242 e. The van der Waals surface area contributed by atoms with Gasteiger partial charge in [-0.05, 0) is 44.5 Å². The standard InChI is InChI=1S/C12H16Cl2N2O2S/c1-8-6-10(4-5-15-8)16-19(17,18)12-3-2-9(13)7-11(12)14/h2-3,7-8,10,15-16H,4-6H2,1H3. The Hall–Kier alpha value is -0.330. The summed E-state index contributed by atoms with van der Waals surface area (Å²) >= 11 is 11.7. The maximum absolute atomic E-state index is 12.3. The van der Waals surface area contributed by atoms with Crippen LogP contribution in [-0.4, -0.2) is 27.0 Å². The topological polar surface area (TPSA) is 58.2 Å². The first-order valence-corrected chi connectivity index (χ1v) is 8.33. The lowest BCUT2D eigenvalue weighted by Gasteiger charge is -2.28. The molecular formula is C12H16Cl2N2O2S. The summed E-state index contributed by atoms with van der Waals surface area (Å²) < 4.78 is 27.3. The van der Waals surface area contributed by atoms with Gasteiger partial charge in [-0.3, -0.25) is 0 Å². The molecule has 106 valence electrons. The first kappa shape index (κ1) is 15.1.